The molecule has 0 bridgehead atoms. The lowest BCUT2D eigenvalue weighted by molar-refractivity contribution is -0.119. The first-order valence-electron chi connectivity index (χ1n) is 10.00. The second-order valence-electron chi connectivity index (χ2n) is 8.71. The molecule has 1 aliphatic rings. The van der Waals surface area contributed by atoms with Crippen LogP contribution >= 0.6 is 11.8 Å². The minimum absolute atomic E-state index is 0.130. The van der Waals surface area contributed by atoms with E-state index in [2.05, 4.69) is 10.3 Å². The molecule has 0 saturated heterocycles. The summed E-state index contributed by atoms with van der Waals surface area (Å²) in [4.78, 5) is 46.9. The van der Waals surface area contributed by atoms with E-state index in [9.17, 15) is 14.4 Å². The molecule has 0 aliphatic heterocycles. The van der Waals surface area contributed by atoms with Crippen LogP contribution in [0.15, 0.2) is 14.6 Å². The molecule has 9 heteroatoms. The van der Waals surface area contributed by atoms with Crippen molar-refractivity contribution in [3.63, 3.8) is 0 Å². The Kier molecular flexibility index (Phi) is 6.16. The Balaban J connectivity index is 2.08. The lowest BCUT2D eigenvalue weighted by Crippen LogP contribution is -2.41. The fraction of sp³-hybridized carbons (Fsp3) is 0.650. The van der Waals surface area contributed by atoms with Crippen molar-refractivity contribution in [3.05, 3.63) is 26.7 Å². The van der Waals surface area contributed by atoms with E-state index in [4.69, 9.17) is 4.98 Å². The third-order valence-corrected chi connectivity index (χ3v) is 6.08. The summed E-state index contributed by atoms with van der Waals surface area (Å²) in [6, 6.07) is 0. The highest BCUT2D eigenvalue weighted by molar-refractivity contribution is 8.00. The fourth-order valence-corrected chi connectivity index (χ4v) is 4.50. The molecule has 2 aromatic heterocycles. The number of hydrogen-bond donors (Lipinski definition) is 1. The maximum absolute atomic E-state index is 12.8. The summed E-state index contributed by atoms with van der Waals surface area (Å²) in [5.41, 5.74) is -0.847. The lowest BCUT2D eigenvalue weighted by Gasteiger charge is -2.22. The third kappa shape index (κ3) is 4.71. The van der Waals surface area contributed by atoms with Crippen molar-refractivity contribution in [1.29, 1.82) is 0 Å². The van der Waals surface area contributed by atoms with E-state index in [1.807, 2.05) is 20.8 Å². The zero-order chi connectivity index (χ0) is 21.3. The van der Waals surface area contributed by atoms with Gasteiger partial charge in [0.1, 0.15) is 16.2 Å². The van der Waals surface area contributed by atoms with Gasteiger partial charge >= 0.3 is 5.69 Å². The Morgan fingerprint density at radius 2 is 1.76 bits per heavy atom. The molecule has 158 valence electrons. The van der Waals surface area contributed by atoms with Gasteiger partial charge in [0.2, 0.25) is 5.91 Å². The molecule has 1 fully saturated rings. The van der Waals surface area contributed by atoms with E-state index in [1.54, 1.807) is 7.05 Å². The molecule has 1 amide bonds. The predicted molar refractivity (Wildman–Crippen MR) is 114 cm³/mol. The first kappa shape index (κ1) is 21.5. The van der Waals surface area contributed by atoms with Crippen LogP contribution in [0.25, 0.3) is 11.0 Å². The molecule has 1 aliphatic carbocycles. The molecule has 1 saturated carbocycles. The van der Waals surface area contributed by atoms with Gasteiger partial charge in [0.05, 0.1) is 5.75 Å². The van der Waals surface area contributed by atoms with Gasteiger partial charge in [-0.2, -0.15) is 0 Å². The number of rotatable bonds is 4. The summed E-state index contributed by atoms with van der Waals surface area (Å²) in [5, 5.41) is 3.68. The highest BCUT2D eigenvalue weighted by Gasteiger charge is 2.24. The Hall–Kier alpha value is -2.16. The molecule has 3 rings (SSSR count). The third-order valence-electron chi connectivity index (χ3n) is 5.11. The SMILES string of the molecule is Cn1c(=O)c2c(SCC(=O)NC(C)(C)C)nc(C3CCCCC3)nc2n(C)c1=O. The van der Waals surface area contributed by atoms with Crippen LogP contribution in [0.1, 0.15) is 64.6 Å². The summed E-state index contributed by atoms with van der Waals surface area (Å²) in [5.74, 6) is 0.892. The van der Waals surface area contributed by atoms with Crippen LogP contribution in [0.3, 0.4) is 0 Å². The number of amides is 1. The predicted octanol–water partition coefficient (Wildman–Crippen LogP) is 2.08. The number of thioether (sulfide) groups is 1. The van der Waals surface area contributed by atoms with E-state index in [-0.39, 0.29) is 23.1 Å². The molecule has 2 aromatic rings. The van der Waals surface area contributed by atoms with Crippen LogP contribution in [0.2, 0.25) is 0 Å². The van der Waals surface area contributed by atoms with Crippen molar-refractivity contribution in [3.8, 4) is 0 Å². The molecule has 2 heterocycles. The van der Waals surface area contributed by atoms with Gasteiger partial charge in [0.25, 0.3) is 5.56 Å². The van der Waals surface area contributed by atoms with Gasteiger partial charge in [0, 0.05) is 25.6 Å². The van der Waals surface area contributed by atoms with Crippen molar-refractivity contribution in [2.45, 2.75) is 69.4 Å². The normalized spacial score (nSPS) is 15.6. The largest absolute Gasteiger partial charge is 0.351 e. The number of fused-ring (bicyclic) bond motifs is 1. The summed E-state index contributed by atoms with van der Waals surface area (Å²) >= 11 is 1.22. The lowest BCUT2D eigenvalue weighted by atomic mass is 9.89. The van der Waals surface area contributed by atoms with Crippen LogP contribution in [0.4, 0.5) is 0 Å². The van der Waals surface area contributed by atoms with E-state index in [0.29, 0.717) is 21.9 Å². The van der Waals surface area contributed by atoms with E-state index in [0.717, 1.165) is 30.3 Å². The highest BCUT2D eigenvalue weighted by Crippen LogP contribution is 2.33. The average molecular weight is 420 g/mol. The monoisotopic (exact) mass is 419 g/mol. The van der Waals surface area contributed by atoms with Gasteiger partial charge in [0.15, 0.2) is 5.65 Å². The van der Waals surface area contributed by atoms with Crippen molar-refractivity contribution >= 4 is 28.7 Å². The second kappa shape index (κ2) is 8.30. The van der Waals surface area contributed by atoms with E-state index < -0.39 is 11.2 Å². The molecule has 1 N–H and O–H groups in total. The summed E-state index contributed by atoms with van der Waals surface area (Å²) < 4.78 is 2.45. The minimum Gasteiger partial charge on any atom is -0.351 e. The Labute approximate surface area is 174 Å². The van der Waals surface area contributed by atoms with Crippen molar-refractivity contribution in [2.75, 3.05) is 5.75 Å². The molecular formula is C20H29N5O3S. The molecule has 0 unspecified atom stereocenters. The smallest absolute Gasteiger partial charge is 0.332 e. The van der Waals surface area contributed by atoms with Gasteiger partial charge < -0.3 is 5.32 Å². The first-order valence-corrected chi connectivity index (χ1v) is 11.0. The second-order valence-corrected chi connectivity index (χ2v) is 9.68. The molecular weight excluding hydrogens is 390 g/mol. The molecule has 0 spiro atoms. The van der Waals surface area contributed by atoms with Crippen molar-refractivity contribution in [1.82, 2.24) is 24.4 Å². The molecule has 29 heavy (non-hydrogen) atoms. The number of carbonyl (C=O) groups excluding carboxylic acids is 1. The van der Waals surface area contributed by atoms with Crippen LogP contribution in [0.5, 0.6) is 0 Å². The molecule has 0 aromatic carbocycles. The molecule has 8 nitrogen and oxygen atoms in total. The van der Waals surface area contributed by atoms with Gasteiger partial charge in [-0.3, -0.25) is 18.7 Å². The number of nitrogens with zero attached hydrogens (tertiary/aromatic N) is 4. The topological polar surface area (TPSA) is 98.9 Å². The number of aryl methyl sites for hydroxylation is 1. The summed E-state index contributed by atoms with van der Waals surface area (Å²) in [7, 11) is 3.06. The standard InChI is InChI=1S/C20H29N5O3S/c1-20(2,3)23-13(26)11-29-17-14-16(24(4)19(28)25(5)18(14)27)21-15(22-17)12-9-7-6-8-10-12/h12H,6-11H2,1-5H3,(H,23,26). The van der Waals surface area contributed by atoms with Crippen LogP contribution in [-0.2, 0) is 18.9 Å². The average Bonchev–Trinajstić information content (AvgIpc) is 2.67. The number of nitrogens with one attached hydrogen (secondary N) is 1. The van der Waals surface area contributed by atoms with Crippen LogP contribution in [-0.4, -0.2) is 36.3 Å². The maximum atomic E-state index is 12.8. The van der Waals surface area contributed by atoms with E-state index >= 15 is 0 Å². The Morgan fingerprint density at radius 1 is 1.10 bits per heavy atom. The first-order chi connectivity index (χ1) is 13.6. The molecule has 0 atom stereocenters. The Morgan fingerprint density at radius 3 is 2.38 bits per heavy atom. The van der Waals surface area contributed by atoms with Gasteiger partial charge in [-0.05, 0) is 33.6 Å². The number of hydrogen-bond acceptors (Lipinski definition) is 6. The van der Waals surface area contributed by atoms with E-state index in [1.165, 1.54) is 29.8 Å². The van der Waals surface area contributed by atoms with Crippen LogP contribution in [0, 0.1) is 0 Å². The highest BCUT2D eigenvalue weighted by atomic mass is 32.2. The van der Waals surface area contributed by atoms with Crippen molar-refractivity contribution < 1.29 is 4.79 Å². The maximum Gasteiger partial charge on any atom is 0.332 e. The zero-order valence-electron chi connectivity index (χ0n) is 17.7. The van der Waals surface area contributed by atoms with Gasteiger partial charge in [-0.25, -0.2) is 14.8 Å². The minimum atomic E-state index is -0.433. The fourth-order valence-electron chi connectivity index (χ4n) is 3.68. The van der Waals surface area contributed by atoms with Gasteiger partial charge in [-0.15, -0.1) is 0 Å². The zero-order valence-corrected chi connectivity index (χ0v) is 18.6. The Bertz CT molecular complexity index is 1050. The van der Waals surface area contributed by atoms with Crippen LogP contribution < -0.4 is 16.6 Å². The van der Waals surface area contributed by atoms with Gasteiger partial charge in [-0.1, -0.05) is 31.0 Å². The summed E-state index contributed by atoms with van der Waals surface area (Å²) in [6.45, 7) is 5.76. The van der Waals surface area contributed by atoms with Crippen molar-refractivity contribution in [2.24, 2.45) is 14.1 Å². The summed E-state index contributed by atoms with van der Waals surface area (Å²) in [6.07, 6.45) is 5.45. The number of carbonyl (C=O) groups is 1. The number of aromatic nitrogens is 4. The molecule has 0 radical (unpaired) electrons. The quantitative estimate of drug-likeness (QED) is 0.602.